The van der Waals surface area contributed by atoms with E-state index in [-0.39, 0.29) is 12.0 Å². The van der Waals surface area contributed by atoms with Gasteiger partial charge in [0.1, 0.15) is 0 Å². The lowest BCUT2D eigenvalue weighted by atomic mass is 9.86. The molecule has 18 heavy (non-hydrogen) atoms. The number of aliphatic hydroxyl groups excluding tert-OH is 1. The van der Waals surface area contributed by atoms with Crippen molar-refractivity contribution in [2.75, 3.05) is 13.1 Å². The minimum Gasteiger partial charge on any atom is -0.393 e. The van der Waals surface area contributed by atoms with Crippen molar-refractivity contribution in [1.82, 2.24) is 4.90 Å². The van der Waals surface area contributed by atoms with Gasteiger partial charge >= 0.3 is 0 Å². The highest BCUT2D eigenvalue weighted by Gasteiger charge is 2.27. The van der Waals surface area contributed by atoms with Gasteiger partial charge in [-0.05, 0) is 24.7 Å². The maximum Gasteiger partial charge on any atom is 0.222 e. The number of hydrogen-bond donors (Lipinski definition) is 1. The predicted octanol–water partition coefficient (Wildman–Crippen LogP) is 2.58. The molecule has 1 saturated heterocycles. The number of likely N-dealkylation sites (tertiary alicyclic amines) is 1. The van der Waals surface area contributed by atoms with Crippen LogP contribution in [0.1, 0.15) is 58.3 Å². The average molecular weight is 253 g/mol. The highest BCUT2D eigenvalue weighted by Crippen LogP contribution is 2.28. The fraction of sp³-hybridized carbons (Fsp3) is 0.933. The molecule has 3 heteroatoms. The summed E-state index contributed by atoms with van der Waals surface area (Å²) in [6, 6.07) is 0. The van der Waals surface area contributed by atoms with E-state index in [1.807, 2.05) is 11.8 Å². The van der Waals surface area contributed by atoms with Gasteiger partial charge in [0.15, 0.2) is 0 Å². The van der Waals surface area contributed by atoms with Gasteiger partial charge in [0, 0.05) is 19.5 Å². The van der Waals surface area contributed by atoms with Crippen LogP contribution in [-0.4, -0.2) is 35.1 Å². The fourth-order valence-electron chi connectivity index (χ4n) is 3.32. The van der Waals surface area contributed by atoms with Crippen molar-refractivity contribution in [3.8, 4) is 0 Å². The topological polar surface area (TPSA) is 40.5 Å². The fourth-order valence-corrected chi connectivity index (χ4v) is 3.32. The maximum atomic E-state index is 12.1. The molecule has 0 aromatic heterocycles. The van der Waals surface area contributed by atoms with E-state index in [9.17, 15) is 9.90 Å². The Labute approximate surface area is 111 Å². The second kappa shape index (κ2) is 6.55. The number of carbonyl (C=O) groups excluding carboxylic acids is 1. The van der Waals surface area contributed by atoms with Gasteiger partial charge in [-0.1, -0.05) is 39.0 Å². The second-order valence-corrected chi connectivity index (χ2v) is 6.22. The summed E-state index contributed by atoms with van der Waals surface area (Å²) in [5.74, 6) is 1.33. The van der Waals surface area contributed by atoms with Gasteiger partial charge in [0.2, 0.25) is 5.91 Å². The van der Waals surface area contributed by atoms with Crippen LogP contribution in [0, 0.1) is 11.8 Å². The first-order valence-corrected chi connectivity index (χ1v) is 7.62. The lowest BCUT2D eigenvalue weighted by Crippen LogP contribution is -2.45. The molecule has 2 fully saturated rings. The number of amides is 1. The Kier molecular flexibility index (Phi) is 5.04. The molecule has 0 spiro atoms. The minimum absolute atomic E-state index is 0.215. The van der Waals surface area contributed by atoms with Crippen molar-refractivity contribution in [2.24, 2.45) is 11.8 Å². The van der Waals surface area contributed by atoms with E-state index in [1.165, 1.54) is 32.1 Å². The van der Waals surface area contributed by atoms with Gasteiger partial charge in [-0.15, -0.1) is 0 Å². The molecule has 3 nitrogen and oxygen atoms in total. The summed E-state index contributed by atoms with van der Waals surface area (Å²) >= 11 is 0. The lowest BCUT2D eigenvalue weighted by Gasteiger charge is -2.34. The number of hydrogen-bond acceptors (Lipinski definition) is 2. The Morgan fingerprint density at radius 1 is 1.22 bits per heavy atom. The number of nitrogens with zero attached hydrogens (tertiary/aromatic N) is 1. The summed E-state index contributed by atoms with van der Waals surface area (Å²) in [6.45, 7) is 3.52. The Morgan fingerprint density at radius 3 is 2.61 bits per heavy atom. The van der Waals surface area contributed by atoms with E-state index in [4.69, 9.17) is 0 Å². The molecule has 1 aliphatic carbocycles. The highest BCUT2D eigenvalue weighted by molar-refractivity contribution is 5.76. The van der Waals surface area contributed by atoms with Crippen LogP contribution in [0.5, 0.6) is 0 Å². The first kappa shape index (κ1) is 13.9. The number of aliphatic hydroxyl groups is 1. The summed E-state index contributed by atoms with van der Waals surface area (Å²) < 4.78 is 0. The van der Waals surface area contributed by atoms with Crippen LogP contribution < -0.4 is 0 Å². The molecule has 1 N–H and O–H groups in total. The van der Waals surface area contributed by atoms with Gasteiger partial charge in [0.25, 0.3) is 0 Å². The number of rotatable bonds is 3. The third kappa shape index (κ3) is 3.71. The Bertz CT molecular complexity index is 274. The van der Waals surface area contributed by atoms with Gasteiger partial charge in [-0.2, -0.15) is 0 Å². The minimum atomic E-state index is -0.215. The highest BCUT2D eigenvalue weighted by atomic mass is 16.3. The van der Waals surface area contributed by atoms with E-state index in [1.54, 1.807) is 0 Å². The van der Waals surface area contributed by atoms with Crippen LogP contribution >= 0.6 is 0 Å². The van der Waals surface area contributed by atoms with Crippen molar-refractivity contribution in [2.45, 2.75) is 64.4 Å². The van der Waals surface area contributed by atoms with Crippen LogP contribution in [0.3, 0.4) is 0 Å². The molecule has 0 aromatic carbocycles. The van der Waals surface area contributed by atoms with E-state index in [0.717, 1.165) is 31.8 Å². The lowest BCUT2D eigenvalue weighted by molar-refractivity contribution is -0.135. The van der Waals surface area contributed by atoms with E-state index in [0.29, 0.717) is 12.3 Å². The molecule has 0 radical (unpaired) electrons. The van der Waals surface area contributed by atoms with Gasteiger partial charge in [-0.25, -0.2) is 0 Å². The third-order valence-electron chi connectivity index (χ3n) is 4.70. The number of piperidine rings is 1. The van der Waals surface area contributed by atoms with Crippen LogP contribution in [0.15, 0.2) is 0 Å². The average Bonchev–Trinajstić information content (AvgIpc) is 2.40. The molecule has 2 unspecified atom stereocenters. The summed E-state index contributed by atoms with van der Waals surface area (Å²) in [7, 11) is 0. The van der Waals surface area contributed by atoms with Crippen LogP contribution in [0.4, 0.5) is 0 Å². The summed E-state index contributed by atoms with van der Waals surface area (Å²) in [6.07, 6.45) is 9.05. The Hall–Kier alpha value is -0.570. The molecule has 2 aliphatic rings. The van der Waals surface area contributed by atoms with Crippen LogP contribution in [0.2, 0.25) is 0 Å². The number of carbonyl (C=O) groups is 1. The van der Waals surface area contributed by atoms with Crippen molar-refractivity contribution >= 4 is 5.91 Å². The first-order chi connectivity index (χ1) is 8.66. The second-order valence-electron chi connectivity index (χ2n) is 6.22. The summed E-state index contributed by atoms with van der Waals surface area (Å²) in [5.41, 5.74) is 0. The molecule has 2 atom stereocenters. The van der Waals surface area contributed by atoms with E-state index < -0.39 is 0 Å². The van der Waals surface area contributed by atoms with Crippen molar-refractivity contribution in [3.05, 3.63) is 0 Å². The van der Waals surface area contributed by atoms with Gasteiger partial charge in [0.05, 0.1) is 6.10 Å². The molecule has 1 amide bonds. The monoisotopic (exact) mass is 253 g/mol. The maximum absolute atomic E-state index is 12.1. The summed E-state index contributed by atoms with van der Waals surface area (Å²) in [4.78, 5) is 14.1. The molecular formula is C15H27NO2. The van der Waals surface area contributed by atoms with Crippen LogP contribution in [-0.2, 0) is 4.79 Å². The molecule has 2 rings (SSSR count). The van der Waals surface area contributed by atoms with Crippen molar-refractivity contribution in [3.63, 3.8) is 0 Å². The smallest absolute Gasteiger partial charge is 0.222 e. The zero-order valence-corrected chi connectivity index (χ0v) is 11.6. The van der Waals surface area contributed by atoms with Crippen molar-refractivity contribution in [1.29, 1.82) is 0 Å². The van der Waals surface area contributed by atoms with Gasteiger partial charge in [-0.3, -0.25) is 4.79 Å². The summed E-state index contributed by atoms with van der Waals surface area (Å²) in [5, 5.41) is 9.67. The third-order valence-corrected chi connectivity index (χ3v) is 4.70. The SMILES string of the molecule is CC1CN(C(=O)CCC2CCCCC2)CCC1O. The molecule has 1 saturated carbocycles. The Morgan fingerprint density at radius 2 is 1.94 bits per heavy atom. The molecule has 1 heterocycles. The molecule has 0 aromatic rings. The largest absolute Gasteiger partial charge is 0.393 e. The zero-order chi connectivity index (χ0) is 13.0. The van der Waals surface area contributed by atoms with E-state index >= 15 is 0 Å². The quantitative estimate of drug-likeness (QED) is 0.840. The first-order valence-electron chi connectivity index (χ1n) is 7.62. The standard InChI is InChI=1S/C15H27NO2/c1-12-11-16(10-9-14(12)17)15(18)8-7-13-5-3-2-4-6-13/h12-14,17H,2-11H2,1H3. The normalized spacial score (nSPS) is 30.4. The molecular weight excluding hydrogens is 226 g/mol. The predicted molar refractivity (Wildman–Crippen MR) is 72.2 cm³/mol. The zero-order valence-electron chi connectivity index (χ0n) is 11.6. The Balaban J connectivity index is 1.70. The van der Waals surface area contributed by atoms with E-state index in [2.05, 4.69) is 0 Å². The van der Waals surface area contributed by atoms with Gasteiger partial charge < -0.3 is 10.0 Å². The molecule has 1 aliphatic heterocycles. The van der Waals surface area contributed by atoms with Crippen molar-refractivity contribution < 1.29 is 9.90 Å². The molecule has 104 valence electrons. The molecule has 0 bridgehead atoms. The van der Waals surface area contributed by atoms with Crippen LogP contribution in [0.25, 0.3) is 0 Å².